The van der Waals surface area contributed by atoms with Crippen molar-refractivity contribution in [3.8, 4) is 0 Å². The van der Waals surface area contributed by atoms with Crippen molar-refractivity contribution < 1.29 is 4.79 Å². The summed E-state index contributed by atoms with van der Waals surface area (Å²) in [5, 5.41) is 7.91. The molecule has 5 nitrogen and oxygen atoms in total. The zero-order chi connectivity index (χ0) is 14.0. The van der Waals surface area contributed by atoms with E-state index in [9.17, 15) is 4.79 Å². The largest absolute Gasteiger partial charge is 0.338 e. The van der Waals surface area contributed by atoms with Gasteiger partial charge in [-0.2, -0.15) is 0 Å². The topological polar surface area (TPSA) is 51.0 Å². The molecule has 1 aromatic heterocycles. The van der Waals surface area contributed by atoms with Crippen molar-refractivity contribution in [3.63, 3.8) is 0 Å². The summed E-state index contributed by atoms with van der Waals surface area (Å²) in [6.07, 6.45) is 11.3. The van der Waals surface area contributed by atoms with Crippen LogP contribution >= 0.6 is 0 Å². The van der Waals surface area contributed by atoms with Gasteiger partial charge in [-0.3, -0.25) is 4.79 Å². The van der Waals surface area contributed by atoms with Crippen molar-refractivity contribution in [2.75, 3.05) is 13.1 Å². The maximum absolute atomic E-state index is 13.1. The van der Waals surface area contributed by atoms with Crippen LogP contribution in [-0.2, 0) is 4.79 Å². The molecule has 4 aliphatic carbocycles. The number of hydrogen-bond acceptors (Lipinski definition) is 3. The standard InChI is InChI=1S/C16H22N4O/c21-15(19-9-14(10-19)20-2-1-17-18-20)16-6-11-3-12(7-16)5-13(4-11)8-16/h1-2,11-14H,3-10H2. The predicted octanol–water partition coefficient (Wildman–Crippen LogP) is 1.88. The second-order valence-electron chi connectivity index (χ2n) is 7.94. The minimum Gasteiger partial charge on any atom is -0.338 e. The Hall–Kier alpha value is -1.39. The molecule has 4 bridgehead atoms. The van der Waals surface area contributed by atoms with E-state index >= 15 is 0 Å². The zero-order valence-electron chi connectivity index (χ0n) is 12.3. The highest BCUT2D eigenvalue weighted by Gasteiger charge is 2.56. The molecular weight excluding hydrogens is 264 g/mol. The Balaban J connectivity index is 1.32. The first-order valence-corrected chi connectivity index (χ1v) is 8.37. The summed E-state index contributed by atoms with van der Waals surface area (Å²) >= 11 is 0. The van der Waals surface area contributed by atoms with Crippen LogP contribution in [-0.4, -0.2) is 38.9 Å². The number of carbonyl (C=O) groups excluding carboxylic acids is 1. The lowest BCUT2D eigenvalue weighted by Gasteiger charge is -2.57. The third kappa shape index (κ3) is 1.72. The number of amides is 1. The summed E-state index contributed by atoms with van der Waals surface area (Å²) in [7, 11) is 0. The summed E-state index contributed by atoms with van der Waals surface area (Å²) in [6, 6.07) is 0.338. The van der Waals surface area contributed by atoms with E-state index in [0.29, 0.717) is 11.9 Å². The zero-order valence-corrected chi connectivity index (χ0v) is 12.3. The summed E-state index contributed by atoms with van der Waals surface area (Å²) in [5.41, 5.74) is 0.0160. The molecule has 4 saturated carbocycles. The summed E-state index contributed by atoms with van der Waals surface area (Å²) < 4.78 is 1.89. The number of nitrogens with zero attached hydrogens (tertiary/aromatic N) is 4. The molecule has 1 aromatic rings. The number of carbonyl (C=O) groups is 1. The van der Waals surface area contributed by atoms with Gasteiger partial charge in [0.1, 0.15) is 0 Å². The normalized spacial score (nSPS) is 41.3. The van der Waals surface area contributed by atoms with E-state index in [0.717, 1.165) is 30.8 Å². The first-order chi connectivity index (χ1) is 10.2. The highest BCUT2D eigenvalue weighted by Crippen LogP contribution is 2.60. The lowest BCUT2D eigenvalue weighted by atomic mass is 9.49. The first-order valence-electron chi connectivity index (χ1n) is 8.37. The molecule has 0 spiro atoms. The molecule has 0 N–H and O–H groups in total. The van der Waals surface area contributed by atoms with Gasteiger partial charge in [0.15, 0.2) is 0 Å². The van der Waals surface area contributed by atoms with Gasteiger partial charge in [0.2, 0.25) is 5.91 Å². The molecule has 5 fully saturated rings. The van der Waals surface area contributed by atoms with Crippen molar-refractivity contribution in [3.05, 3.63) is 12.4 Å². The highest BCUT2D eigenvalue weighted by molar-refractivity contribution is 5.84. The van der Waals surface area contributed by atoms with Gasteiger partial charge in [-0.15, -0.1) is 5.10 Å². The van der Waals surface area contributed by atoms with Crippen LogP contribution in [0.4, 0.5) is 0 Å². The monoisotopic (exact) mass is 286 g/mol. The fourth-order valence-electron chi connectivity index (χ4n) is 5.91. The molecule has 0 atom stereocenters. The van der Waals surface area contributed by atoms with Crippen LogP contribution in [0.3, 0.4) is 0 Å². The summed E-state index contributed by atoms with van der Waals surface area (Å²) in [6.45, 7) is 1.65. The van der Waals surface area contributed by atoms with Crippen LogP contribution in [0.25, 0.3) is 0 Å². The SMILES string of the molecule is O=C(N1CC(n2ccnn2)C1)C12CC3CC(CC(C3)C1)C2. The van der Waals surface area contributed by atoms with Crippen LogP contribution in [0.1, 0.15) is 44.6 Å². The Labute approximate surface area is 124 Å². The van der Waals surface area contributed by atoms with Crippen molar-refractivity contribution in [1.82, 2.24) is 19.9 Å². The molecule has 112 valence electrons. The molecule has 0 aromatic carbocycles. The molecule has 0 unspecified atom stereocenters. The molecule has 1 amide bonds. The van der Waals surface area contributed by atoms with Gasteiger partial charge in [-0.1, -0.05) is 5.21 Å². The predicted molar refractivity (Wildman–Crippen MR) is 76.2 cm³/mol. The van der Waals surface area contributed by atoms with Crippen molar-refractivity contribution in [1.29, 1.82) is 0 Å². The van der Waals surface area contributed by atoms with E-state index in [4.69, 9.17) is 0 Å². The van der Waals surface area contributed by atoms with Gasteiger partial charge in [0.05, 0.1) is 17.7 Å². The minimum atomic E-state index is 0.0160. The Bertz CT molecular complexity index is 526. The van der Waals surface area contributed by atoms with Crippen molar-refractivity contribution in [2.45, 2.75) is 44.6 Å². The van der Waals surface area contributed by atoms with E-state index in [1.165, 1.54) is 38.5 Å². The number of aromatic nitrogens is 3. The van der Waals surface area contributed by atoms with Gasteiger partial charge in [0.25, 0.3) is 0 Å². The molecule has 5 heteroatoms. The fourth-order valence-corrected chi connectivity index (χ4v) is 5.91. The van der Waals surface area contributed by atoms with E-state index in [-0.39, 0.29) is 5.41 Å². The lowest BCUT2D eigenvalue weighted by molar-refractivity contribution is -0.163. The first kappa shape index (κ1) is 12.2. The second-order valence-corrected chi connectivity index (χ2v) is 7.94. The Morgan fingerprint density at radius 3 is 2.19 bits per heavy atom. The minimum absolute atomic E-state index is 0.0160. The van der Waals surface area contributed by atoms with Gasteiger partial charge in [0, 0.05) is 19.3 Å². The van der Waals surface area contributed by atoms with Crippen LogP contribution in [0.5, 0.6) is 0 Å². The maximum Gasteiger partial charge on any atom is 0.228 e. The molecule has 5 aliphatic rings. The average molecular weight is 286 g/mol. The van der Waals surface area contributed by atoms with Gasteiger partial charge in [-0.05, 0) is 56.3 Å². The molecule has 0 radical (unpaired) electrons. The molecule has 1 aliphatic heterocycles. The quantitative estimate of drug-likeness (QED) is 0.834. The van der Waals surface area contributed by atoms with Gasteiger partial charge in [-0.25, -0.2) is 4.68 Å². The Morgan fingerprint density at radius 2 is 1.67 bits per heavy atom. The second kappa shape index (κ2) is 4.08. The molecule has 2 heterocycles. The van der Waals surface area contributed by atoms with Crippen molar-refractivity contribution >= 4 is 5.91 Å². The van der Waals surface area contributed by atoms with E-state index in [1.54, 1.807) is 6.20 Å². The van der Waals surface area contributed by atoms with Crippen molar-refractivity contribution in [2.24, 2.45) is 23.2 Å². The molecular formula is C16H22N4O. The highest BCUT2D eigenvalue weighted by atomic mass is 16.2. The fraction of sp³-hybridized carbons (Fsp3) is 0.812. The molecule has 1 saturated heterocycles. The summed E-state index contributed by atoms with van der Waals surface area (Å²) in [4.78, 5) is 15.2. The Kier molecular flexibility index (Phi) is 2.37. The van der Waals surface area contributed by atoms with Crippen LogP contribution < -0.4 is 0 Å². The van der Waals surface area contributed by atoms with E-state index in [1.807, 2.05) is 10.9 Å². The third-order valence-electron chi connectivity index (χ3n) is 6.46. The number of likely N-dealkylation sites (tertiary alicyclic amines) is 1. The van der Waals surface area contributed by atoms with Gasteiger partial charge < -0.3 is 4.90 Å². The van der Waals surface area contributed by atoms with Crippen LogP contribution in [0, 0.1) is 23.2 Å². The van der Waals surface area contributed by atoms with E-state index < -0.39 is 0 Å². The maximum atomic E-state index is 13.1. The number of rotatable bonds is 2. The molecule has 6 rings (SSSR count). The van der Waals surface area contributed by atoms with Crippen LogP contribution in [0.15, 0.2) is 12.4 Å². The average Bonchev–Trinajstić information content (AvgIpc) is 2.89. The van der Waals surface area contributed by atoms with Crippen LogP contribution in [0.2, 0.25) is 0 Å². The summed E-state index contributed by atoms with van der Waals surface area (Å²) in [5.74, 6) is 2.98. The Morgan fingerprint density at radius 1 is 1.05 bits per heavy atom. The third-order valence-corrected chi connectivity index (χ3v) is 6.46. The van der Waals surface area contributed by atoms with E-state index in [2.05, 4.69) is 15.2 Å². The smallest absolute Gasteiger partial charge is 0.228 e. The number of hydrogen-bond donors (Lipinski definition) is 0. The van der Waals surface area contributed by atoms with Gasteiger partial charge >= 0.3 is 0 Å². The molecule has 21 heavy (non-hydrogen) atoms. The lowest BCUT2D eigenvalue weighted by Crippen LogP contribution is -2.60.